The molecule has 0 aliphatic carbocycles. The van der Waals surface area contributed by atoms with Crippen molar-refractivity contribution in [2.75, 3.05) is 11.9 Å². The van der Waals surface area contributed by atoms with Crippen LogP contribution in [0.4, 0.5) is 20.2 Å². The number of phenolic OH excluding ortho intramolecular Hbond substituents is 1. The molecule has 2 aromatic carbocycles. The summed E-state index contributed by atoms with van der Waals surface area (Å²) >= 11 is 4.65. The summed E-state index contributed by atoms with van der Waals surface area (Å²) in [5, 5.41) is 9.42. The number of nitrogens with two attached hydrogens (primary N) is 1. The number of aromatic hydroxyl groups is 1. The van der Waals surface area contributed by atoms with Crippen LogP contribution in [-0.4, -0.2) is 17.1 Å². The minimum Gasteiger partial charge on any atom is -0.508 e. The van der Waals surface area contributed by atoms with Gasteiger partial charge in [-0.3, -0.25) is 0 Å². The van der Waals surface area contributed by atoms with E-state index in [0.29, 0.717) is 5.69 Å². The SMILES string of the molecule is CN(c1cccc(O)c1)c1ccc(C(N)=S)c(F)c1F. The number of hydrogen-bond acceptors (Lipinski definition) is 3. The van der Waals surface area contributed by atoms with Crippen LogP contribution in [0.1, 0.15) is 5.56 Å². The summed E-state index contributed by atoms with van der Waals surface area (Å²) in [4.78, 5) is 1.22. The summed E-state index contributed by atoms with van der Waals surface area (Å²) in [5.41, 5.74) is 5.73. The summed E-state index contributed by atoms with van der Waals surface area (Å²) in [7, 11) is 1.56. The van der Waals surface area contributed by atoms with Gasteiger partial charge in [0, 0.05) is 24.4 Å². The van der Waals surface area contributed by atoms with Crippen LogP contribution in [0.25, 0.3) is 0 Å². The van der Waals surface area contributed by atoms with Crippen LogP contribution in [-0.2, 0) is 0 Å². The van der Waals surface area contributed by atoms with Gasteiger partial charge in [0.05, 0.1) is 5.69 Å². The number of halogens is 2. The molecule has 0 radical (unpaired) electrons. The molecule has 0 spiro atoms. The molecule has 2 rings (SSSR count). The largest absolute Gasteiger partial charge is 0.508 e. The van der Waals surface area contributed by atoms with Gasteiger partial charge < -0.3 is 15.7 Å². The monoisotopic (exact) mass is 294 g/mol. The van der Waals surface area contributed by atoms with E-state index in [-0.39, 0.29) is 22.0 Å². The Hall–Kier alpha value is -2.21. The van der Waals surface area contributed by atoms with E-state index in [0.717, 1.165) is 0 Å². The van der Waals surface area contributed by atoms with E-state index < -0.39 is 11.6 Å². The first kappa shape index (κ1) is 14.2. The normalized spacial score (nSPS) is 10.3. The van der Waals surface area contributed by atoms with Gasteiger partial charge in [-0.2, -0.15) is 0 Å². The van der Waals surface area contributed by atoms with E-state index in [9.17, 15) is 13.9 Å². The molecule has 0 unspecified atom stereocenters. The minimum atomic E-state index is -1.08. The first-order valence-electron chi connectivity index (χ1n) is 5.72. The smallest absolute Gasteiger partial charge is 0.183 e. The molecule has 0 heterocycles. The molecule has 0 saturated heterocycles. The number of benzene rings is 2. The van der Waals surface area contributed by atoms with Crippen molar-refractivity contribution in [1.82, 2.24) is 0 Å². The maximum absolute atomic E-state index is 14.1. The third kappa shape index (κ3) is 2.55. The molecule has 2 aromatic rings. The Bertz CT molecular complexity index is 676. The average molecular weight is 294 g/mol. The molecular weight excluding hydrogens is 282 g/mol. The van der Waals surface area contributed by atoms with E-state index in [4.69, 9.17) is 5.73 Å². The summed E-state index contributed by atoms with van der Waals surface area (Å²) < 4.78 is 27.9. The first-order chi connectivity index (χ1) is 9.41. The lowest BCUT2D eigenvalue weighted by molar-refractivity contribution is 0.475. The van der Waals surface area contributed by atoms with Gasteiger partial charge in [-0.15, -0.1) is 0 Å². The predicted molar refractivity (Wildman–Crippen MR) is 78.4 cm³/mol. The van der Waals surface area contributed by atoms with Gasteiger partial charge >= 0.3 is 0 Å². The number of thiocarbonyl (C=S) groups is 1. The van der Waals surface area contributed by atoms with Gasteiger partial charge in [0.25, 0.3) is 0 Å². The highest BCUT2D eigenvalue weighted by Gasteiger charge is 2.18. The van der Waals surface area contributed by atoms with Crippen molar-refractivity contribution >= 4 is 28.6 Å². The Labute approximate surface area is 120 Å². The van der Waals surface area contributed by atoms with E-state index in [1.54, 1.807) is 19.2 Å². The van der Waals surface area contributed by atoms with Crippen molar-refractivity contribution in [3.8, 4) is 5.75 Å². The molecule has 0 aromatic heterocycles. The molecule has 0 bridgehead atoms. The fraction of sp³-hybridized carbons (Fsp3) is 0.0714. The summed E-state index contributed by atoms with van der Waals surface area (Å²) in [6.07, 6.45) is 0. The van der Waals surface area contributed by atoms with Crippen LogP contribution in [0.2, 0.25) is 0 Å². The minimum absolute atomic E-state index is 0.0214. The number of hydrogen-bond donors (Lipinski definition) is 2. The first-order valence-corrected chi connectivity index (χ1v) is 6.13. The quantitative estimate of drug-likeness (QED) is 0.854. The van der Waals surface area contributed by atoms with Gasteiger partial charge in [-0.1, -0.05) is 18.3 Å². The van der Waals surface area contributed by atoms with Gasteiger partial charge in [0.1, 0.15) is 10.7 Å². The van der Waals surface area contributed by atoms with Gasteiger partial charge in [-0.25, -0.2) is 8.78 Å². The molecule has 0 saturated carbocycles. The van der Waals surface area contributed by atoms with Crippen LogP contribution in [0.5, 0.6) is 5.75 Å². The summed E-state index contributed by atoms with van der Waals surface area (Å²) in [5.74, 6) is -2.09. The number of nitrogens with zero attached hydrogens (tertiary/aromatic N) is 1. The Balaban J connectivity index is 2.48. The van der Waals surface area contributed by atoms with Crippen molar-refractivity contribution in [3.05, 3.63) is 53.6 Å². The lowest BCUT2D eigenvalue weighted by Crippen LogP contribution is -2.16. The predicted octanol–water partition coefficient (Wildman–Crippen LogP) is 3.07. The molecule has 6 heteroatoms. The summed E-state index contributed by atoms with van der Waals surface area (Å²) in [6.45, 7) is 0. The Morgan fingerprint density at radius 3 is 2.50 bits per heavy atom. The number of rotatable bonds is 3. The van der Waals surface area contributed by atoms with Gasteiger partial charge in [0.2, 0.25) is 0 Å². The molecular formula is C14H12F2N2OS. The standard InChI is InChI=1S/C14H12F2N2OS/c1-18(8-3-2-4-9(19)7-8)11-6-5-10(14(17)20)12(15)13(11)16/h2-7,19H,1H3,(H2,17,20). The molecule has 20 heavy (non-hydrogen) atoms. The second-order valence-electron chi connectivity index (χ2n) is 4.20. The Kier molecular flexibility index (Phi) is 3.85. The molecule has 3 nitrogen and oxygen atoms in total. The Morgan fingerprint density at radius 1 is 1.20 bits per heavy atom. The third-order valence-electron chi connectivity index (χ3n) is 2.91. The molecule has 0 amide bonds. The zero-order chi connectivity index (χ0) is 14.9. The highest BCUT2D eigenvalue weighted by atomic mass is 32.1. The molecule has 0 atom stereocenters. The average Bonchev–Trinajstić information content (AvgIpc) is 2.40. The number of phenols is 1. The van der Waals surface area contributed by atoms with Gasteiger partial charge in [-0.05, 0) is 24.3 Å². The summed E-state index contributed by atoms with van der Waals surface area (Å²) in [6, 6.07) is 8.92. The lowest BCUT2D eigenvalue weighted by Gasteiger charge is -2.21. The topological polar surface area (TPSA) is 49.5 Å². The third-order valence-corrected chi connectivity index (χ3v) is 3.13. The van der Waals surface area contributed by atoms with E-state index in [2.05, 4.69) is 12.2 Å². The van der Waals surface area contributed by atoms with Crippen molar-refractivity contribution < 1.29 is 13.9 Å². The zero-order valence-electron chi connectivity index (χ0n) is 10.6. The fourth-order valence-electron chi connectivity index (χ4n) is 1.83. The molecule has 3 N–H and O–H groups in total. The molecule has 0 fully saturated rings. The van der Waals surface area contributed by atoms with E-state index >= 15 is 0 Å². The van der Waals surface area contributed by atoms with Crippen LogP contribution in [0.15, 0.2) is 36.4 Å². The number of anilines is 2. The van der Waals surface area contributed by atoms with Crippen LogP contribution < -0.4 is 10.6 Å². The molecule has 104 valence electrons. The maximum Gasteiger partial charge on any atom is 0.183 e. The van der Waals surface area contributed by atoms with Crippen LogP contribution in [0.3, 0.4) is 0 Å². The molecule has 0 aliphatic heterocycles. The van der Waals surface area contributed by atoms with Crippen molar-refractivity contribution in [2.24, 2.45) is 5.73 Å². The highest BCUT2D eigenvalue weighted by molar-refractivity contribution is 7.80. The maximum atomic E-state index is 14.1. The highest BCUT2D eigenvalue weighted by Crippen LogP contribution is 2.30. The van der Waals surface area contributed by atoms with Crippen molar-refractivity contribution in [1.29, 1.82) is 0 Å². The van der Waals surface area contributed by atoms with Crippen molar-refractivity contribution in [2.45, 2.75) is 0 Å². The fourth-order valence-corrected chi connectivity index (χ4v) is 1.99. The second-order valence-corrected chi connectivity index (χ2v) is 4.64. The van der Waals surface area contributed by atoms with E-state index in [1.165, 1.54) is 29.2 Å². The second kappa shape index (κ2) is 5.42. The van der Waals surface area contributed by atoms with Crippen molar-refractivity contribution in [3.63, 3.8) is 0 Å². The van der Waals surface area contributed by atoms with E-state index in [1.807, 2.05) is 0 Å². The lowest BCUT2D eigenvalue weighted by atomic mass is 10.1. The zero-order valence-corrected chi connectivity index (χ0v) is 11.4. The van der Waals surface area contributed by atoms with Crippen LogP contribution in [0, 0.1) is 11.6 Å². The van der Waals surface area contributed by atoms with Crippen LogP contribution >= 0.6 is 12.2 Å². The molecule has 0 aliphatic rings. The van der Waals surface area contributed by atoms with Gasteiger partial charge in [0.15, 0.2) is 11.6 Å². The Morgan fingerprint density at radius 2 is 1.90 bits per heavy atom.